The molecule has 7 rings (SSSR count). The molecule has 0 radical (unpaired) electrons. The van der Waals surface area contributed by atoms with Gasteiger partial charge in [-0.1, -0.05) is 31.2 Å². The lowest BCUT2D eigenvalue weighted by molar-refractivity contribution is -0.192. The molecule has 3 aromatic carbocycles. The molecule has 0 aliphatic carbocycles. The van der Waals surface area contributed by atoms with Crippen LogP contribution in [-0.2, 0) is 28.4 Å². The van der Waals surface area contributed by atoms with Gasteiger partial charge in [-0.15, -0.1) is 0 Å². The monoisotopic (exact) mass is 665 g/mol. The summed E-state index contributed by atoms with van der Waals surface area (Å²) in [5.74, 6) is -0.246. The second kappa shape index (κ2) is 14.2. The average molecular weight is 666 g/mol. The molecular weight excluding hydrogens is 622 g/mol. The maximum Gasteiger partial charge on any atom is 0.350 e. The molecule has 0 saturated carbocycles. The van der Waals surface area contributed by atoms with Crippen molar-refractivity contribution < 1.29 is 14.2 Å². The number of rotatable bonds is 12. The predicted molar refractivity (Wildman–Crippen MR) is 186 cm³/mol. The summed E-state index contributed by atoms with van der Waals surface area (Å²) in [6, 6.07) is 24.4. The van der Waals surface area contributed by atoms with Crippen molar-refractivity contribution in [1.82, 2.24) is 29.3 Å². The quantitative estimate of drug-likeness (QED) is 0.210. The molecular formula is C36H43N9O4. The van der Waals surface area contributed by atoms with E-state index >= 15 is 0 Å². The van der Waals surface area contributed by atoms with E-state index in [9.17, 15) is 4.79 Å². The van der Waals surface area contributed by atoms with Gasteiger partial charge in [0, 0.05) is 49.7 Å². The number of nitrogens with zero attached hydrogens (tertiary/aromatic N) is 8. The van der Waals surface area contributed by atoms with E-state index in [1.54, 1.807) is 32.8 Å². The molecule has 0 bridgehead atoms. The Hall–Kier alpha value is -4.98. The van der Waals surface area contributed by atoms with E-state index in [4.69, 9.17) is 19.9 Å². The number of piperazine rings is 1. The van der Waals surface area contributed by atoms with Gasteiger partial charge in [-0.25, -0.2) is 14.0 Å². The van der Waals surface area contributed by atoms with Crippen LogP contribution < -0.4 is 26.0 Å². The highest BCUT2D eigenvalue weighted by atomic mass is 16.8. The van der Waals surface area contributed by atoms with Gasteiger partial charge in [0.2, 0.25) is 5.79 Å². The fourth-order valence-corrected chi connectivity index (χ4v) is 6.34. The van der Waals surface area contributed by atoms with Crippen molar-refractivity contribution in [2.45, 2.75) is 51.3 Å². The standard InChI is InChI=1S/C36H43N9O4/c1-3-27(2)45-35(46)43(26-40-45)32-10-8-30(9-11-32)41-18-20-42(21-19-41)31-12-14-33(15-13-31)47-23-34-24-48-36(49-34,25-44-38-16-17-39-44)29-6-4-28(22-37)5-7-29/h4-17,26-27,34H,3,18-25,37H2,1-2H3/t27?,34-,36-/m1/s1. The van der Waals surface area contributed by atoms with E-state index < -0.39 is 5.79 Å². The van der Waals surface area contributed by atoms with Crippen LogP contribution in [0.1, 0.15) is 37.4 Å². The number of hydrogen-bond acceptors (Lipinski definition) is 10. The summed E-state index contributed by atoms with van der Waals surface area (Å²) in [6.45, 7) is 9.16. The first-order valence-corrected chi connectivity index (χ1v) is 16.9. The number of benzene rings is 3. The topological polar surface area (TPSA) is 131 Å². The number of hydrogen-bond donors (Lipinski definition) is 1. The third-order valence-electron chi connectivity index (χ3n) is 9.42. The molecule has 0 amide bonds. The summed E-state index contributed by atoms with van der Waals surface area (Å²) >= 11 is 0. The van der Waals surface area contributed by atoms with Gasteiger partial charge in [-0.2, -0.15) is 20.1 Å². The summed E-state index contributed by atoms with van der Waals surface area (Å²) in [6.07, 6.45) is 5.47. The highest BCUT2D eigenvalue weighted by Gasteiger charge is 2.44. The van der Waals surface area contributed by atoms with Gasteiger partial charge in [0.05, 0.1) is 30.7 Å². The SMILES string of the molecule is CCC(C)n1ncn(-c2ccc(N3CCN(c4ccc(OC[C@@H]5CO[C@@](Cn6nccn6)(c6ccc(CN)cc6)O5)cc4)CC3)cc2)c1=O. The molecule has 2 fully saturated rings. The normalized spacial score (nSPS) is 20.1. The lowest BCUT2D eigenvalue weighted by Gasteiger charge is -2.37. The van der Waals surface area contributed by atoms with E-state index in [-0.39, 0.29) is 17.8 Å². The van der Waals surface area contributed by atoms with Gasteiger partial charge in [-0.05, 0) is 67.4 Å². The molecule has 2 saturated heterocycles. The minimum Gasteiger partial charge on any atom is -0.491 e. The Kier molecular flexibility index (Phi) is 9.47. The molecule has 2 aliphatic rings. The van der Waals surface area contributed by atoms with Crippen LogP contribution in [-0.4, -0.2) is 74.8 Å². The van der Waals surface area contributed by atoms with Gasteiger partial charge in [0.1, 0.15) is 31.3 Å². The molecule has 5 aromatic rings. The summed E-state index contributed by atoms with van der Waals surface area (Å²) in [5.41, 5.74) is 10.7. The zero-order valence-corrected chi connectivity index (χ0v) is 28.0. The van der Waals surface area contributed by atoms with Crippen LogP contribution >= 0.6 is 0 Å². The zero-order chi connectivity index (χ0) is 33.8. The first-order valence-electron chi connectivity index (χ1n) is 16.9. The van der Waals surface area contributed by atoms with Crippen LogP contribution in [0.4, 0.5) is 11.4 Å². The Morgan fingerprint density at radius 2 is 1.49 bits per heavy atom. The number of aromatic nitrogens is 6. The molecule has 2 N–H and O–H groups in total. The van der Waals surface area contributed by atoms with Crippen LogP contribution in [0.3, 0.4) is 0 Å². The van der Waals surface area contributed by atoms with Crippen LogP contribution in [0, 0.1) is 0 Å². The Balaban J connectivity index is 0.918. The molecule has 3 atom stereocenters. The van der Waals surface area contributed by atoms with Crippen molar-refractivity contribution in [3.8, 4) is 11.4 Å². The maximum atomic E-state index is 12.8. The van der Waals surface area contributed by atoms with Crippen LogP contribution in [0.5, 0.6) is 5.75 Å². The van der Waals surface area contributed by atoms with E-state index in [0.717, 1.165) is 66.5 Å². The molecule has 1 unspecified atom stereocenters. The maximum absolute atomic E-state index is 12.8. The molecule has 13 heteroatoms. The largest absolute Gasteiger partial charge is 0.491 e. The minimum atomic E-state index is -1.02. The van der Waals surface area contributed by atoms with Crippen molar-refractivity contribution in [3.63, 3.8) is 0 Å². The highest BCUT2D eigenvalue weighted by molar-refractivity contribution is 5.54. The zero-order valence-electron chi connectivity index (χ0n) is 28.0. The van der Waals surface area contributed by atoms with Crippen molar-refractivity contribution in [2.75, 3.05) is 49.2 Å². The molecule has 256 valence electrons. The third-order valence-corrected chi connectivity index (χ3v) is 9.42. The molecule has 2 aromatic heterocycles. The molecule has 2 aliphatic heterocycles. The number of nitrogens with two attached hydrogens (primary N) is 1. The lowest BCUT2D eigenvalue weighted by Crippen LogP contribution is -2.46. The third kappa shape index (κ3) is 6.95. The lowest BCUT2D eigenvalue weighted by atomic mass is 10.0. The first kappa shape index (κ1) is 32.6. The predicted octanol–water partition coefficient (Wildman–Crippen LogP) is 3.73. The smallest absolute Gasteiger partial charge is 0.350 e. The van der Waals surface area contributed by atoms with Gasteiger partial charge in [0.15, 0.2) is 0 Å². The van der Waals surface area contributed by atoms with Gasteiger partial charge >= 0.3 is 5.69 Å². The number of ether oxygens (including phenoxy) is 3. The Labute approximate surface area is 285 Å². The van der Waals surface area contributed by atoms with E-state index in [0.29, 0.717) is 26.3 Å². The fraction of sp³-hybridized carbons (Fsp3) is 0.389. The highest BCUT2D eigenvalue weighted by Crippen LogP contribution is 2.36. The summed E-state index contributed by atoms with van der Waals surface area (Å²) in [4.78, 5) is 19.1. The molecule has 0 spiro atoms. The van der Waals surface area contributed by atoms with Gasteiger partial charge < -0.3 is 29.7 Å². The average Bonchev–Trinajstić information content (AvgIpc) is 3.92. The van der Waals surface area contributed by atoms with Crippen LogP contribution in [0.2, 0.25) is 0 Å². The van der Waals surface area contributed by atoms with Crippen molar-refractivity contribution in [3.05, 3.63) is 113 Å². The van der Waals surface area contributed by atoms with E-state index in [1.807, 2.05) is 55.5 Å². The second-order valence-corrected chi connectivity index (χ2v) is 12.5. The Morgan fingerprint density at radius 1 is 0.878 bits per heavy atom. The van der Waals surface area contributed by atoms with Crippen molar-refractivity contribution in [2.24, 2.45) is 5.73 Å². The van der Waals surface area contributed by atoms with E-state index in [1.165, 1.54) is 0 Å². The minimum absolute atomic E-state index is 0.0687. The summed E-state index contributed by atoms with van der Waals surface area (Å²) in [5, 5.41) is 12.8. The molecule has 49 heavy (non-hydrogen) atoms. The molecule has 13 nitrogen and oxygen atoms in total. The van der Waals surface area contributed by atoms with Gasteiger partial charge in [0.25, 0.3) is 0 Å². The van der Waals surface area contributed by atoms with Crippen molar-refractivity contribution >= 4 is 11.4 Å². The van der Waals surface area contributed by atoms with E-state index in [2.05, 4.69) is 56.3 Å². The number of anilines is 2. The Morgan fingerprint density at radius 3 is 2.10 bits per heavy atom. The fourth-order valence-electron chi connectivity index (χ4n) is 6.34. The summed E-state index contributed by atoms with van der Waals surface area (Å²) in [7, 11) is 0. The second-order valence-electron chi connectivity index (χ2n) is 12.5. The van der Waals surface area contributed by atoms with Crippen molar-refractivity contribution in [1.29, 1.82) is 0 Å². The molecule has 4 heterocycles. The van der Waals surface area contributed by atoms with Crippen LogP contribution in [0.15, 0.2) is 96.3 Å². The first-order chi connectivity index (χ1) is 23.9. The van der Waals surface area contributed by atoms with Crippen LogP contribution in [0.25, 0.3) is 5.69 Å². The van der Waals surface area contributed by atoms with Gasteiger partial charge in [-0.3, -0.25) is 0 Å². The summed E-state index contributed by atoms with van der Waals surface area (Å²) < 4.78 is 22.1. The Bertz CT molecular complexity index is 1850.